The van der Waals surface area contributed by atoms with Crippen LogP contribution in [0.2, 0.25) is 0 Å². The summed E-state index contributed by atoms with van der Waals surface area (Å²) in [5.74, 6) is 0. The molecule has 62 heavy (non-hydrogen) atoms. The van der Waals surface area contributed by atoms with Gasteiger partial charge in [-0.2, -0.15) is 0 Å². The SMILES string of the molecule is c1cc(-c2cccc3oc4ccccc4c23)cc(N(c2ccc3c(oc4ccccc43)c2-c2ccc(-n3c4ccccc4c4ccccc43)cc2)c2cccc3ccccc23)c1. The van der Waals surface area contributed by atoms with Crippen LogP contribution in [0.1, 0.15) is 0 Å². The van der Waals surface area contributed by atoms with Gasteiger partial charge in [-0.1, -0.05) is 146 Å². The van der Waals surface area contributed by atoms with Gasteiger partial charge in [-0.05, 0) is 94.9 Å². The Balaban J connectivity index is 1.07. The van der Waals surface area contributed by atoms with E-state index in [-0.39, 0.29) is 0 Å². The first-order valence-electron chi connectivity index (χ1n) is 21.1. The van der Waals surface area contributed by atoms with Gasteiger partial charge < -0.3 is 18.3 Å². The lowest BCUT2D eigenvalue weighted by Gasteiger charge is -2.29. The molecule has 4 heteroatoms. The summed E-state index contributed by atoms with van der Waals surface area (Å²) in [6.45, 7) is 0. The van der Waals surface area contributed by atoms with Crippen LogP contribution in [-0.4, -0.2) is 4.57 Å². The Morgan fingerprint density at radius 2 is 0.984 bits per heavy atom. The number of benzene rings is 10. The number of hydrogen-bond acceptors (Lipinski definition) is 3. The van der Waals surface area contributed by atoms with Crippen molar-refractivity contribution in [1.82, 2.24) is 4.57 Å². The van der Waals surface area contributed by atoms with Gasteiger partial charge in [0, 0.05) is 54.6 Å². The molecule has 0 spiro atoms. The molecule has 4 nitrogen and oxygen atoms in total. The van der Waals surface area contributed by atoms with Crippen LogP contribution >= 0.6 is 0 Å². The van der Waals surface area contributed by atoms with Gasteiger partial charge in [-0.15, -0.1) is 0 Å². The van der Waals surface area contributed by atoms with Crippen LogP contribution in [-0.2, 0) is 0 Å². The topological polar surface area (TPSA) is 34.5 Å². The summed E-state index contributed by atoms with van der Waals surface area (Å²) >= 11 is 0. The number of furan rings is 2. The van der Waals surface area contributed by atoms with E-state index in [0.717, 1.165) is 94.3 Å². The summed E-state index contributed by atoms with van der Waals surface area (Å²) in [5.41, 5.74) is 14.4. The minimum absolute atomic E-state index is 0.851. The number of aromatic nitrogens is 1. The summed E-state index contributed by atoms with van der Waals surface area (Å²) in [7, 11) is 0. The lowest BCUT2D eigenvalue weighted by Crippen LogP contribution is -2.12. The fourth-order valence-corrected chi connectivity index (χ4v) is 9.86. The average Bonchev–Trinajstić information content (AvgIpc) is 4.02. The molecule has 13 aromatic rings. The highest BCUT2D eigenvalue weighted by atomic mass is 16.3. The fraction of sp³-hybridized carbons (Fsp3) is 0. The van der Waals surface area contributed by atoms with Gasteiger partial charge in [0.05, 0.1) is 22.4 Å². The molecule has 0 saturated carbocycles. The second-order valence-corrected chi connectivity index (χ2v) is 16.0. The maximum Gasteiger partial charge on any atom is 0.145 e. The molecule has 290 valence electrons. The van der Waals surface area contributed by atoms with Crippen LogP contribution in [0.25, 0.3) is 104 Å². The van der Waals surface area contributed by atoms with Crippen molar-refractivity contribution >= 4 is 93.5 Å². The van der Waals surface area contributed by atoms with Crippen molar-refractivity contribution in [3.8, 4) is 27.9 Å². The minimum atomic E-state index is 0.851. The Labute approximate surface area is 356 Å². The first-order chi connectivity index (χ1) is 30.8. The van der Waals surface area contributed by atoms with Crippen molar-refractivity contribution in [2.24, 2.45) is 0 Å². The lowest BCUT2D eigenvalue weighted by atomic mass is 9.96. The molecule has 13 rings (SSSR count). The van der Waals surface area contributed by atoms with E-state index in [0.29, 0.717) is 0 Å². The first kappa shape index (κ1) is 34.5. The zero-order valence-corrected chi connectivity index (χ0v) is 33.5. The van der Waals surface area contributed by atoms with E-state index < -0.39 is 0 Å². The van der Waals surface area contributed by atoms with Gasteiger partial charge in [0.25, 0.3) is 0 Å². The highest BCUT2D eigenvalue weighted by molar-refractivity contribution is 6.15. The molecule has 0 N–H and O–H groups in total. The highest BCUT2D eigenvalue weighted by Gasteiger charge is 2.25. The molecule has 0 unspecified atom stereocenters. The number of hydrogen-bond donors (Lipinski definition) is 0. The molecule has 0 amide bonds. The van der Waals surface area contributed by atoms with Gasteiger partial charge in [-0.25, -0.2) is 0 Å². The largest absolute Gasteiger partial charge is 0.456 e. The molecule has 0 aliphatic heterocycles. The molecule has 3 aromatic heterocycles. The normalized spacial score (nSPS) is 11.9. The van der Waals surface area contributed by atoms with Crippen molar-refractivity contribution in [3.05, 3.63) is 218 Å². The highest BCUT2D eigenvalue weighted by Crippen LogP contribution is 2.49. The molecular weight excluding hydrogens is 757 g/mol. The van der Waals surface area contributed by atoms with E-state index in [1.165, 1.54) is 27.2 Å². The minimum Gasteiger partial charge on any atom is -0.456 e. The lowest BCUT2D eigenvalue weighted by molar-refractivity contribution is 0.669. The zero-order chi connectivity index (χ0) is 40.7. The number of fused-ring (bicyclic) bond motifs is 10. The third-order valence-corrected chi connectivity index (χ3v) is 12.6. The smallest absolute Gasteiger partial charge is 0.145 e. The van der Waals surface area contributed by atoms with Gasteiger partial charge in [0.2, 0.25) is 0 Å². The van der Waals surface area contributed by atoms with E-state index >= 15 is 0 Å². The van der Waals surface area contributed by atoms with E-state index in [4.69, 9.17) is 8.83 Å². The summed E-state index contributed by atoms with van der Waals surface area (Å²) < 4.78 is 15.7. The van der Waals surface area contributed by atoms with Crippen LogP contribution in [0.15, 0.2) is 227 Å². The van der Waals surface area contributed by atoms with Crippen molar-refractivity contribution in [3.63, 3.8) is 0 Å². The average molecular weight is 793 g/mol. The monoisotopic (exact) mass is 792 g/mol. The summed E-state index contributed by atoms with van der Waals surface area (Å²) in [4.78, 5) is 2.42. The maximum atomic E-state index is 6.94. The second-order valence-electron chi connectivity index (χ2n) is 16.0. The Morgan fingerprint density at radius 1 is 0.371 bits per heavy atom. The van der Waals surface area contributed by atoms with E-state index in [2.05, 4.69) is 210 Å². The Morgan fingerprint density at radius 3 is 1.77 bits per heavy atom. The Bertz CT molecular complexity index is 3830. The van der Waals surface area contributed by atoms with Crippen molar-refractivity contribution in [2.45, 2.75) is 0 Å². The summed E-state index contributed by atoms with van der Waals surface area (Å²) in [5, 5.41) is 9.20. The molecule has 0 aliphatic rings. The van der Waals surface area contributed by atoms with Gasteiger partial charge >= 0.3 is 0 Å². The van der Waals surface area contributed by atoms with Crippen LogP contribution in [0.4, 0.5) is 17.1 Å². The first-order valence-corrected chi connectivity index (χ1v) is 21.1. The number of nitrogens with zero attached hydrogens (tertiary/aromatic N) is 2. The van der Waals surface area contributed by atoms with Crippen LogP contribution in [0, 0.1) is 0 Å². The molecular formula is C58H36N2O2. The van der Waals surface area contributed by atoms with Crippen molar-refractivity contribution < 1.29 is 8.83 Å². The molecule has 3 heterocycles. The summed E-state index contributed by atoms with van der Waals surface area (Å²) in [6.07, 6.45) is 0. The Hall–Kier alpha value is -8.34. The standard InChI is InChI=1S/C58H36N2O2/c1-2-18-42-37(14-1)15-12-26-49(42)60(41-17-11-16-39(36-41)43-23-13-29-55-57(43)48-22-6-10-28-54(48)61-55)52-35-34-47-46-21-5-9-27-53(46)62-58(47)56(52)38-30-32-40(33-31-38)59-50-24-7-3-19-44(50)45-20-4-8-25-51(45)59/h1-36H. The van der Waals surface area contributed by atoms with Gasteiger partial charge in [0.15, 0.2) is 0 Å². The molecule has 0 atom stereocenters. The molecule has 10 aromatic carbocycles. The second kappa shape index (κ2) is 13.6. The third-order valence-electron chi connectivity index (χ3n) is 12.6. The van der Waals surface area contributed by atoms with Gasteiger partial charge in [0.1, 0.15) is 22.3 Å². The molecule has 0 bridgehead atoms. The number of para-hydroxylation sites is 4. The van der Waals surface area contributed by atoms with Crippen LogP contribution in [0.3, 0.4) is 0 Å². The predicted octanol–water partition coefficient (Wildman–Crippen LogP) is 16.5. The van der Waals surface area contributed by atoms with Crippen molar-refractivity contribution in [2.75, 3.05) is 4.90 Å². The molecule has 0 aliphatic carbocycles. The van der Waals surface area contributed by atoms with Crippen LogP contribution < -0.4 is 4.90 Å². The predicted molar refractivity (Wildman–Crippen MR) is 258 cm³/mol. The van der Waals surface area contributed by atoms with E-state index in [1.54, 1.807) is 0 Å². The molecule has 0 radical (unpaired) electrons. The van der Waals surface area contributed by atoms with E-state index in [1.807, 2.05) is 18.2 Å². The van der Waals surface area contributed by atoms with Crippen LogP contribution in [0.5, 0.6) is 0 Å². The third kappa shape index (κ3) is 5.20. The quantitative estimate of drug-likeness (QED) is 0.168. The number of anilines is 3. The Kier molecular flexibility index (Phi) is 7.57. The van der Waals surface area contributed by atoms with Gasteiger partial charge in [-0.3, -0.25) is 0 Å². The maximum absolute atomic E-state index is 6.94. The zero-order valence-electron chi connectivity index (χ0n) is 33.5. The van der Waals surface area contributed by atoms with E-state index in [9.17, 15) is 0 Å². The molecule has 0 fully saturated rings. The van der Waals surface area contributed by atoms with Crippen molar-refractivity contribution in [1.29, 1.82) is 0 Å². The number of rotatable bonds is 6. The fourth-order valence-electron chi connectivity index (χ4n) is 9.86. The molecule has 0 saturated heterocycles. The summed E-state index contributed by atoms with van der Waals surface area (Å²) in [6, 6.07) is 78.0.